The van der Waals surface area contributed by atoms with E-state index in [1.54, 1.807) is 0 Å². The summed E-state index contributed by atoms with van der Waals surface area (Å²) in [5, 5.41) is 0.528. The molecule has 0 N–H and O–H groups in total. The van der Waals surface area contributed by atoms with E-state index in [1.165, 1.54) is 128 Å². The number of halogens is 1. The van der Waals surface area contributed by atoms with E-state index >= 15 is 0 Å². The lowest BCUT2D eigenvalue weighted by molar-refractivity contribution is 0.274. The quantitative estimate of drug-likeness (QED) is 0.128. The molecule has 0 saturated carbocycles. The standard InChI is InChI=1S/C26H55P.FH/c1-5-9-13-14-15-16-17-18-19-20-22-25(21-10-6-2)26(27,23-11-7-3)24-12-8-4;/h25H,5-24,27H2,1-4H3;1H. The summed E-state index contributed by atoms with van der Waals surface area (Å²) in [6.45, 7) is 9.38. The second-order valence-electron chi connectivity index (χ2n) is 9.25. The maximum atomic E-state index is 3.39. The zero-order chi connectivity index (χ0) is 20.2. The van der Waals surface area contributed by atoms with Crippen LogP contribution in [0.15, 0.2) is 0 Å². The Morgan fingerprint density at radius 1 is 0.500 bits per heavy atom. The smallest absolute Gasteiger partial charge is 0.0122 e. The first kappa shape index (κ1) is 30.6. The molecule has 0 fully saturated rings. The first-order chi connectivity index (χ1) is 13.1. The Bertz CT molecular complexity index is 284. The molecule has 0 aromatic carbocycles. The van der Waals surface area contributed by atoms with E-state index in [9.17, 15) is 0 Å². The Labute approximate surface area is 181 Å². The van der Waals surface area contributed by atoms with E-state index < -0.39 is 0 Å². The van der Waals surface area contributed by atoms with Crippen LogP contribution in [-0.2, 0) is 0 Å². The van der Waals surface area contributed by atoms with Crippen molar-refractivity contribution in [2.24, 2.45) is 5.92 Å². The molecule has 0 nitrogen and oxygen atoms in total. The first-order valence-electron chi connectivity index (χ1n) is 12.9. The lowest BCUT2D eigenvalue weighted by Gasteiger charge is -2.39. The largest absolute Gasteiger partial charge is 0.269 e. The Balaban J connectivity index is 0. The third-order valence-electron chi connectivity index (χ3n) is 6.62. The Morgan fingerprint density at radius 2 is 0.857 bits per heavy atom. The van der Waals surface area contributed by atoms with Crippen LogP contribution in [0.5, 0.6) is 0 Å². The van der Waals surface area contributed by atoms with Gasteiger partial charge in [-0.2, -0.15) is 0 Å². The highest BCUT2D eigenvalue weighted by molar-refractivity contribution is 7.19. The van der Waals surface area contributed by atoms with Gasteiger partial charge in [-0.05, 0) is 36.8 Å². The van der Waals surface area contributed by atoms with Crippen LogP contribution < -0.4 is 0 Å². The van der Waals surface area contributed by atoms with Gasteiger partial charge in [0.05, 0.1) is 0 Å². The first-order valence-corrected chi connectivity index (χ1v) is 13.5. The van der Waals surface area contributed by atoms with E-state index in [0.717, 1.165) is 5.92 Å². The van der Waals surface area contributed by atoms with Crippen LogP contribution in [0.2, 0.25) is 0 Å². The van der Waals surface area contributed by atoms with Gasteiger partial charge in [-0.25, -0.2) is 0 Å². The van der Waals surface area contributed by atoms with E-state index in [1.807, 2.05) is 0 Å². The molecule has 172 valence electrons. The zero-order valence-corrected chi connectivity index (χ0v) is 21.4. The van der Waals surface area contributed by atoms with E-state index in [4.69, 9.17) is 0 Å². The van der Waals surface area contributed by atoms with E-state index in [0.29, 0.717) is 5.16 Å². The summed E-state index contributed by atoms with van der Waals surface area (Å²) < 4.78 is 0. The van der Waals surface area contributed by atoms with Crippen molar-refractivity contribution in [2.45, 2.75) is 161 Å². The minimum absolute atomic E-state index is 0. The minimum atomic E-state index is 0. The maximum absolute atomic E-state index is 3.39. The molecule has 28 heavy (non-hydrogen) atoms. The van der Waals surface area contributed by atoms with Gasteiger partial charge in [-0.1, -0.05) is 130 Å². The zero-order valence-electron chi connectivity index (χ0n) is 20.2. The van der Waals surface area contributed by atoms with Gasteiger partial charge >= 0.3 is 0 Å². The van der Waals surface area contributed by atoms with Crippen molar-refractivity contribution < 1.29 is 4.70 Å². The topological polar surface area (TPSA) is 0 Å². The van der Waals surface area contributed by atoms with Gasteiger partial charge in [0.1, 0.15) is 0 Å². The lowest BCUT2D eigenvalue weighted by atomic mass is 9.77. The fraction of sp³-hybridized carbons (Fsp3) is 1.00. The predicted octanol–water partition coefficient (Wildman–Crippen LogP) is 10.3. The average molecular weight is 419 g/mol. The van der Waals surface area contributed by atoms with Gasteiger partial charge in [0.25, 0.3) is 0 Å². The summed E-state index contributed by atoms with van der Waals surface area (Å²) in [6, 6.07) is 0. The molecular weight excluding hydrogens is 362 g/mol. The molecule has 0 spiro atoms. The van der Waals surface area contributed by atoms with Gasteiger partial charge in [-0.15, -0.1) is 9.24 Å². The fourth-order valence-electron chi connectivity index (χ4n) is 4.59. The molecule has 0 aliphatic heterocycles. The lowest BCUT2D eigenvalue weighted by Crippen LogP contribution is -2.32. The monoisotopic (exact) mass is 418 g/mol. The molecule has 0 heterocycles. The number of hydrogen-bond donors (Lipinski definition) is 0. The van der Waals surface area contributed by atoms with Crippen molar-refractivity contribution in [3.05, 3.63) is 0 Å². The molecule has 0 bridgehead atoms. The van der Waals surface area contributed by atoms with Crippen molar-refractivity contribution in [3.63, 3.8) is 0 Å². The average Bonchev–Trinajstić information content (AvgIpc) is 2.68. The van der Waals surface area contributed by atoms with Crippen LogP contribution in [-0.4, -0.2) is 5.16 Å². The predicted molar refractivity (Wildman–Crippen MR) is 133 cm³/mol. The third-order valence-corrected chi connectivity index (χ3v) is 7.67. The molecule has 2 heteroatoms. The maximum Gasteiger partial charge on any atom is -0.0122 e. The third kappa shape index (κ3) is 16.2. The summed E-state index contributed by atoms with van der Waals surface area (Å²) in [7, 11) is 3.39. The van der Waals surface area contributed by atoms with Crippen LogP contribution in [0, 0.1) is 5.92 Å². The molecule has 0 amide bonds. The molecule has 0 aliphatic carbocycles. The summed E-state index contributed by atoms with van der Waals surface area (Å²) in [5.74, 6) is 0.939. The van der Waals surface area contributed by atoms with Gasteiger partial charge in [0.15, 0.2) is 0 Å². The molecule has 0 saturated heterocycles. The SMILES string of the molecule is CCCCCCCCCCCCC(CCCC)C(P)(CCCC)CCCC.F. The van der Waals surface area contributed by atoms with Crippen LogP contribution >= 0.6 is 9.24 Å². The molecule has 0 rings (SSSR count). The van der Waals surface area contributed by atoms with Crippen molar-refractivity contribution in [2.75, 3.05) is 0 Å². The van der Waals surface area contributed by atoms with Crippen molar-refractivity contribution in [3.8, 4) is 0 Å². The molecule has 0 aromatic heterocycles. The van der Waals surface area contributed by atoms with Crippen molar-refractivity contribution in [1.82, 2.24) is 0 Å². The van der Waals surface area contributed by atoms with Crippen molar-refractivity contribution in [1.29, 1.82) is 0 Å². The van der Waals surface area contributed by atoms with Crippen LogP contribution in [0.1, 0.15) is 156 Å². The Morgan fingerprint density at radius 3 is 1.29 bits per heavy atom. The fourth-order valence-corrected chi connectivity index (χ4v) is 5.33. The summed E-state index contributed by atoms with van der Waals surface area (Å²) in [4.78, 5) is 0. The van der Waals surface area contributed by atoms with Crippen LogP contribution in [0.4, 0.5) is 4.70 Å². The molecule has 0 aromatic rings. The second kappa shape index (κ2) is 22.1. The minimum Gasteiger partial charge on any atom is -0.269 e. The van der Waals surface area contributed by atoms with Crippen LogP contribution in [0.25, 0.3) is 0 Å². The number of unbranched alkanes of at least 4 members (excludes halogenated alkanes) is 12. The van der Waals surface area contributed by atoms with Gasteiger partial charge in [0, 0.05) is 0 Å². The molecular formula is C26H56FP. The highest BCUT2D eigenvalue weighted by Gasteiger charge is 2.32. The highest BCUT2D eigenvalue weighted by Crippen LogP contribution is 2.43. The molecule has 0 radical (unpaired) electrons. The van der Waals surface area contributed by atoms with Gasteiger partial charge in [-0.3, -0.25) is 4.70 Å². The summed E-state index contributed by atoms with van der Waals surface area (Å²) in [5.41, 5.74) is 0. The molecule has 0 aliphatic rings. The van der Waals surface area contributed by atoms with Crippen LogP contribution in [0.3, 0.4) is 0 Å². The van der Waals surface area contributed by atoms with E-state index in [-0.39, 0.29) is 4.70 Å². The summed E-state index contributed by atoms with van der Waals surface area (Å²) in [6.07, 6.45) is 28.7. The number of rotatable bonds is 21. The normalized spacial score (nSPS) is 12.8. The Hall–Kier alpha value is 0.360. The molecule has 2 unspecified atom stereocenters. The van der Waals surface area contributed by atoms with Gasteiger partial charge in [0.2, 0.25) is 0 Å². The van der Waals surface area contributed by atoms with Gasteiger partial charge < -0.3 is 0 Å². The van der Waals surface area contributed by atoms with E-state index in [2.05, 4.69) is 36.9 Å². The summed E-state index contributed by atoms with van der Waals surface area (Å²) >= 11 is 0. The van der Waals surface area contributed by atoms with Crippen molar-refractivity contribution >= 4 is 9.24 Å². The molecule has 2 atom stereocenters. The Kier molecular flexibility index (Phi) is 24.1. The second-order valence-corrected chi connectivity index (χ2v) is 10.4. The number of hydrogen-bond acceptors (Lipinski definition) is 0. The highest BCUT2D eigenvalue weighted by atomic mass is 31.0.